The number of anilines is 1. The molecule has 0 aliphatic rings. The highest BCUT2D eigenvalue weighted by Crippen LogP contribution is 2.14. The van der Waals surface area contributed by atoms with Gasteiger partial charge < -0.3 is 14.8 Å². The SMILES string of the molecule is NS(=O)(=O)Cc1ccc(NCc2ccc(C(=O)O)o2)cc1. The molecule has 1 aromatic carbocycles. The number of hydrogen-bond acceptors (Lipinski definition) is 5. The second-order valence-electron chi connectivity index (χ2n) is 4.43. The summed E-state index contributed by atoms with van der Waals surface area (Å²) in [5, 5.41) is 16.7. The fraction of sp³-hybridized carbons (Fsp3) is 0.154. The van der Waals surface area contributed by atoms with Crippen LogP contribution in [0, 0.1) is 0 Å². The Bertz CT molecular complexity index is 734. The van der Waals surface area contributed by atoms with Crippen LogP contribution in [0.15, 0.2) is 40.8 Å². The molecule has 0 amide bonds. The van der Waals surface area contributed by atoms with Crippen LogP contribution in [0.3, 0.4) is 0 Å². The highest BCUT2D eigenvalue weighted by Gasteiger charge is 2.09. The Morgan fingerprint density at radius 3 is 2.38 bits per heavy atom. The molecule has 0 fully saturated rings. The number of rotatable bonds is 6. The van der Waals surface area contributed by atoms with Crippen molar-refractivity contribution in [1.82, 2.24) is 0 Å². The van der Waals surface area contributed by atoms with Crippen molar-refractivity contribution in [2.24, 2.45) is 5.14 Å². The van der Waals surface area contributed by atoms with Crippen LogP contribution in [0.5, 0.6) is 0 Å². The maximum Gasteiger partial charge on any atom is 0.371 e. The standard InChI is InChI=1S/C13H14N2O5S/c14-21(18,19)8-9-1-3-10(4-2-9)15-7-11-5-6-12(20-11)13(16)17/h1-6,15H,7-8H2,(H,16,17)(H2,14,18,19). The summed E-state index contributed by atoms with van der Waals surface area (Å²) >= 11 is 0. The van der Waals surface area contributed by atoms with Crippen LogP contribution >= 0.6 is 0 Å². The van der Waals surface area contributed by atoms with Crippen molar-refractivity contribution in [2.45, 2.75) is 12.3 Å². The van der Waals surface area contributed by atoms with Crippen molar-refractivity contribution in [3.05, 3.63) is 53.5 Å². The maximum atomic E-state index is 11.0. The summed E-state index contributed by atoms with van der Waals surface area (Å²) in [5.41, 5.74) is 1.34. The van der Waals surface area contributed by atoms with Crippen LogP contribution in [0.4, 0.5) is 5.69 Å². The molecule has 0 bridgehead atoms. The van der Waals surface area contributed by atoms with Gasteiger partial charge in [0.25, 0.3) is 0 Å². The number of carbonyl (C=O) groups is 1. The van der Waals surface area contributed by atoms with Crippen LogP contribution in [0.1, 0.15) is 21.9 Å². The van der Waals surface area contributed by atoms with Crippen molar-refractivity contribution < 1.29 is 22.7 Å². The summed E-state index contributed by atoms with van der Waals surface area (Å²) in [6, 6.07) is 9.68. The number of nitrogens with two attached hydrogens (primary N) is 1. The first-order chi connectivity index (χ1) is 9.83. The Balaban J connectivity index is 1.95. The van der Waals surface area contributed by atoms with Gasteiger partial charge in [-0.15, -0.1) is 0 Å². The van der Waals surface area contributed by atoms with E-state index in [1.807, 2.05) is 0 Å². The molecule has 0 saturated carbocycles. The average molecular weight is 310 g/mol. The van der Waals surface area contributed by atoms with E-state index in [-0.39, 0.29) is 11.5 Å². The monoisotopic (exact) mass is 310 g/mol. The van der Waals surface area contributed by atoms with E-state index >= 15 is 0 Å². The van der Waals surface area contributed by atoms with Crippen molar-refractivity contribution in [3.63, 3.8) is 0 Å². The molecule has 0 aliphatic carbocycles. The predicted molar refractivity (Wildman–Crippen MR) is 76.2 cm³/mol. The first kappa shape index (κ1) is 15.1. The Hall–Kier alpha value is -2.32. The van der Waals surface area contributed by atoms with Gasteiger partial charge in [0, 0.05) is 5.69 Å². The number of primary sulfonamides is 1. The van der Waals surface area contributed by atoms with Gasteiger partial charge in [-0.05, 0) is 29.8 Å². The molecule has 2 rings (SSSR count). The van der Waals surface area contributed by atoms with Gasteiger partial charge in [0.1, 0.15) is 5.76 Å². The van der Waals surface area contributed by atoms with E-state index in [1.165, 1.54) is 6.07 Å². The molecular weight excluding hydrogens is 296 g/mol. The Labute approximate surface area is 121 Å². The Kier molecular flexibility index (Phi) is 4.29. The summed E-state index contributed by atoms with van der Waals surface area (Å²) in [6.45, 7) is 0.321. The molecule has 0 atom stereocenters. The number of furan rings is 1. The molecular formula is C13H14N2O5S. The first-order valence-electron chi connectivity index (χ1n) is 5.99. The zero-order chi connectivity index (χ0) is 15.5. The van der Waals surface area contributed by atoms with Gasteiger partial charge >= 0.3 is 5.97 Å². The van der Waals surface area contributed by atoms with E-state index in [4.69, 9.17) is 14.7 Å². The van der Waals surface area contributed by atoms with E-state index in [0.717, 1.165) is 5.69 Å². The molecule has 112 valence electrons. The lowest BCUT2D eigenvalue weighted by Crippen LogP contribution is -2.14. The fourth-order valence-electron chi connectivity index (χ4n) is 1.73. The third kappa shape index (κ3) is 4.62. The molecule has 0 spiro atoms. The fourth-order valence-corrected chi connectivity index (χ4v) is 2.39. The molecule has 0 saturated heterocycles. The van der Waals surface area contributed by atoms with E-state index in [1.54, 1.807) is 30.3 Å². The molecule has 0 aliphatic heterocycles. The molecule has 4 N–H and O–H groups in total. The minimum absolute atomic E-state index is 0.115. The molecule has 2 aromatic rings. The Morgan fingerprint density at radius 1 is 1.19 bits per heavy atom. The summed E-state index contributed by atoms with van der Waals surface area (Å²) in [4.78, 5) is 10.7. The van der Waals surface area contributed by atoms with Gasteiger partial charge in [-0.3, -0.25) is 0 Å². The van der Waals surface area contributed by atoms with Crippen LogP contribution in [0.25, 0.3) is 0 Å². The smallest absolute Gasteiger partial charge is 0.371 e. The number of aromatic carboxylic acids is 1. The lowest BCUT2D eigenvalue weighted by atomic mass is 10.2. The molecule has 0 unspecified atom stereocenters. The molecule has 1 heterocycles. The minimum atomic E-state index is -3.54. The summed E-state index contributed by atoms with van der Waals surface area (Å²) in [6.07, 6.45) is 0. The topological polar surface area (TPSA) is 123 Å². The normalized spacial score (nSPS) is 11.3. The van der Waals surface area contributed by atoms with Crippen molar-refractivity contribution in [1.29, 1.82) is 0 Å². The minimum Gasteiger partial charge on any atom is -0.475 e. The lowest BCUT2D eigenvalue weighted by molar-refractivity contribution is 0.0660. The Morgan fingerprint density at radius 2 is 1.86 bits per heavy atom. The van der Waals surface area contributed by atoms with Gasteiger partial charge in [-0.2, -0.15) is 0 Å². The highest BCUT2D eigenvalue weighted by molar-refractivity contribution is 7.88. The number of hydrogen-bond donors (Lipinski definition) is 3. The lowest BCUT2D eigenvalue weighted by Gasteiger charge is -2.05. The van der Waals surface area contributed by atoms with Crippen LogP contribution < -0.4 is 10.5 Å². The summed E-state index contributed by atoms with van der Waals surface area (Å²) in [7, 11) is -3.54. The van der Waals surface area contributed by atoms with E-state index in [0.29, 0.717) is 17.9 Å². The summed E-state index contributed by atoms with van der Waals surface area (Å²) < 4.78 is 27.0. The van der Waals surface area contributed by atoms with E-state index < -0.39 is 16.0 Å². The van der Waals surface area contributed by atoms with E-state index in [2.05, 4.69) is 5.32 Å². The zero-order valence-electron chi connectivity index (χ0n) is 10.9. The second-order valence-corrected chi connectivity index (χ2v) is 6.04. The van der Waals surface area contributed by atoms with Gasteiger partial charge in [0.2, 0.25) is 15.8 Å². The van der Waals surface area contributed by atoms with E-state index in [9.17, 15) is 13.2 Å². The quantitative estimate of drug-likeness (QED) is 0.740. The molecule has 8 heteroatoms. The number of carboxylic acids is 1. The van der Waals surface area contributed by atoms with Crippen LogP contribution in [-0.2, 0) is 22.3 Å². The average Bonchev–Trinajstić information content (AvgIpc) is 2.85. The number of sulfonamides is 1. The molecule has 21 heavy (non-hydrogen) atoms. The van der Waals surface area contributed by atoms with Crippen molar-refractivity contribution in [3.8, 4) is 0 Å². The zero-order valence-corrected chi connectivity index (χ0v) is 11.8. The van der Waals surface area contributed by atoms with Crippen LogP contribution in [-0.4, -0.2) is 19.5 Å². The van der Waals surface area contributed by atoms with Gasteiger partial charge in [-0.1, -0.05) is 12.1 Å². The molecule has 7 nitrogen and oxygen atoms in total. The van der Waals surface area contributed by atoms with Gasteiger partial charge in [0.05, 0.1) is 12.3 Å². The number of carboxylic acid groups (broad SMARTS) is 1. The van der Waals surface area contributed by atoms with Gasteiger partial charge in [-0.25, -0.2) is 18.4 Å². The second kappa shape index (κ2) is 5.98. The van der Waals surface area contributed by atoms with Crippen molar-refractivity contribution >= 4 is 21.7 Å². The number of nitrogens with one attached hydrogen (secondary N) is 1. The predicted octanol–water partition coefficient (Wildman–Crippen LogP) is 1.38. The highest BCUT2D eigenvalue weighted by atomic mass is 32.2. The van der Waals surface area contributed by atoms with Crippen LogP contribution in [0.2, 0.25) is 0 Å². The first-order valence-corrected chi connectivity index (χ1v) is 7.70. The summed E-state index contributed by atoms with van der Waals surface area (Å²) in [5.74, 6) is -0.960. The van der Waals surface area contributed by atoms with Gasteiger partial charge in [0.15, 0.2) is 0 Å². The molecule has 0 radical (unpaired) electrons. The largest absolute Gasteiger partial charge is 0.475 e. The third-order valence-electron chi connectivity index (χ3n) is 2.66. The van der Waals surface area contributed by atoms with Crippen molar-refractivity contribution in [2.75, 3.05) is 5.32 Å². The maximum absolute atomic E-state index is 11.0. The number of benzene rings is 1. The molecule has 1 aromatic heterocycles. The third-order valence-corrected chi connectivity index (χ3v) is 3.40.